The third kappa shape index (κ3) is 2.69. The fourth-order valence-electron chi connectivity index (χ4n) is 2.71. The van der Waals surface area contributed by atoms with Crippen molar-refractivity contribution in [2.75, 3.05) is 26.2 Å². The second-order valence-corrected chi connectivity index (χ2v) is 7.46. The molecule has 3 amide bonds. The average molecular weight is 363 g/mol. The maximum Gasteiger partial charge on any atom is 0.417 e. The maximum atomic E-state index is 12.4. The first-order valence-corrected chi connectivity index (χ1v) is 9.13. The molecule has 2 aromatic rings. The summed E-state index contributed by atoms with van der Waals surface area (Å²) in [6.45, 7) is 1.16. The van der Waals surface area contributed by atoms with E-state index in [4.69, 9.17) is 0 Å². The summed E-state index contributed by atoms with van der Waals surface area (Å²) in [6, 6.07) is 3.92. The second-order valence-electron chi connectivity index (χ2n) is 5.65. The second kappa shape index (κ2) is 5.99. The monoisotopic (exact) mass is 363 g/mol. The molecule has 2 aliphatic heterocycles. The van der Waals surface area contributed by atoms with Gasteiger partial charge >= 0.3 is 6.09 Å². The number of ether oxygens (including phenoxy) is 1. The van der Waals surface area contributed by atoms with Crippen LogP contribution in [0.15, 0.2) is 22.9 Å². The van der Waals surface area contributed by atoms with Gasteiger partial charge in [0.25, 0.3) is 11.8 Å². The molecule has 2 aliphatic rings. The van der Waals surface area contributed by atoms with E-state index in [0.29, 0.717) is 24.6 Å². The minimum atomic E-state index is -0.592. The molecular weight excluding hydrogens is 350 g/mol. The SMILES string of the molecule is O=C(c1nc(-c2cccs2)cs1)N1CC(CN2C(=O)COC2=O)C1. The van der Waals surface area contributed by atoms with E-state index >= 15 is 0 Å². The van der Waals surface area contributed by atoms with Crippen molar-refractivity contribution in [1.82, 2.24) is 14.8 Å². The fraction of sp³-hybridized carbons (Fsp3) is 0.333. The zero-order chi connectivity index (χ0) is 16.7. The van der Waals surface area contributed by atoms with Gasteiger partial charge in [-0.2, -0.15) is 0 Å². The number of nitrogens with zero attached hydrogens (tertiary/aromatic N) is 3. The van der Waals surface area contributed by atoms with Crippen LogP contribution in [0, 0.1) is 5.92 Å². The predicted octanol–water partition coefficient (Wildman–Crippen LogP) is 1.92. The van der Waals surface area contributed by atoms with E-state index in [2.05, 4.69) is 9.72 Å². The number of carbonyl (C=O) groups is 3. The van der Waals surface area contributed by atoms with Gasteiger partial charge in [0.2, 0.25) is 0 Å². The molecule has 0 bridgehead atoms. The Balaban J connectivity index is 1.34. The van der Waals surface area contributed by atoms with E-state index < -0.39 is 6.09 Å². The van der Waals surface area contributed by atoms with Gasteiger partial charge in [-0.05, 0) is 11.4 Å². The molecule has 0 saturated carbocycles. The average Bonchev–Trinajstić information content (AvgIpc) is 3.24. The van der Waals surface area contributed by atoms with Crippen LogP contribution in [0.1, 0.15) is 9.80 Å². The number of rotatable bonds is 4. The standard InChI is InChI=1S/C15H13N3O4S2/c19-12-7-22-15(21)18(12)6-9-4-17(5-9)14(20)13-16-10(8-24-13)11-2-1-3-23-11/h1-3,8-9H,4-7H2. The summed E-state index contributed by atoms with van der Waals surface area (Å²) >= 11 is 2.92. The Labute approximate surface area is 145 Å². The van der Waals surface area contributed by atoms with Crippen LogP contribution in [-0.4, -0.2) is 58.9 Å². The third-order valence-corrected chi connectivity index (χ3v) is 5.71. The van der Waals surface area contributed by atoms with E-state index in [0.717, 1.165) is 15.5 Å². The van der Waals surface area contributed by atoms with Gasteiger partial charge in [-0.25, -0.2) is 14.7 Å². The molecule has 24 heavy (non-hydrogen) atoms. The minimum absolute atomic E-state index is 0.0975. The largest absolute Gasteiger partial charge is 0.439 e. The molecule has 0 N–H and O–H groups in total. The van der Waals surface area contributed by atoms with Gasteiger partial charge in [-0.1, -0.05) is 6.07 Å². The Bertz CT molecular complexity index is 780. The lowest BCUT2D eigenvalue weighted by Crippen LogP contribution is -2.54. The summed E-state index contributed by atoms with van der Waals surface area (Å²) in [6.07, 6.45) is -0.592. The highest BCUT2D eigenvalue weighted by atomic mass is 32.1. The fourth-order valence-corrected chi connectivity index (χ4v) is 4.26. The maximum absolute atomic E-state index is 12.4. The summed E-state index contributed by atoms with van der Waals surface area (Å²) in [5.74, 6) is -0.319. The van der Waals surface area contributed by atoms with Gasteiger partial charge in [-0.3, -0.25) is 9.59 Å². The lowest BCUT2D eigenvalue weighted by atomic mass is 9.99. The van der Waals surface area contributed by atoms with Gasteiger partial charge in [0.15, 0.2) is 11.6 Å². The Morgan fingerprint density at radius 3 is 2.83 bits per heavy atom. The number of thiophene rings is 1. The van der Waals surface area contributed by atoms with Crippen molar-refractivity contribution in [3.63, 3.8) is 0 Å². The Kier molecular flexibility index (Phi) is 3.81. The topological polar surface area (TPSA) is 79.8 Å². The number of hydrogen-bond donors (Lipinski definition) is 0. The van der Waals surface area contributed by atoms with Crippen LogP contribution in [0.25, 0.3) is 10.6 Å². The van der Waals surface area contributed by atoms with Crippen LogP contribution in [0.3, 0.4) is 0 Å². The lowest BCUT2D eigenvalue weighted by Gasteiger charge is -2.39. The van der Waals surface area contributed by atoms with Gasteiger partial charge in [-0.15, -0.1) is 22.7 Å². The number of imide groups is 1. The number of cyclic esters (lactones) is 1. The molecule has 4 rings (SSSR count). The molecule has 124 valence electrons. The van der Waals surface area contributed by atoms with Crippen LogP contribution in [-0.2, 0) is 9.53 Å². The quantitative estimate of drug-likeness (QED) is 0.829. The molecule has 0 unspecified atom stereocenters. The molecule has 9 heteroatoms. The third-order valence-electron chi connectivity index (χ3n) is 3.99. The van der Waals surface area contributed by atoms with Crippen molar-refractivity contribution < 1.29 is 19.1 Å². The van der Waals surface area contributed by atoms with E-state index in [1.165, 1.54) is 11.3 Å². The molecule has 4 heterocycles. The molecule has 2 aromatic heterocycles. The number of aromatic nitrogens is 1. The Morgan fingerprint density at radius 1 is 1.33 bits per heavy atom. The summed E-state index contributed by atoms with van der Waals surface area (Å²) in [7, 11) is 0. The minimum Gasteiger partial charge on any atom is -0.439 e. The first-order valence-electron chi connectivity index (χ1n) is 7.37. The first-order chi connectivity index (χ1) is 11.6. The zero-order valence-electron chi connectivity index (χ0n) is 12.5. The van der Waals surface area contributed by atoms with Crippen LogP contribution in [0.5, 0.6) is 0 Å². The first kappa shape index (κ1) is 15.3. The van der Waals surface area contributed by atoms with Crippen LogP contribution in [0.2, 0.25) is 0 Å². The highest BCUT2D eigenvalue weighted by Crippen LogP contribution is 2.28. The van der Waals surface area contributed by atoms with Crippen molar-refractivity contribution in [3.05, 3.63) is 27.9 Å². The number of carbonyl (C=O) groups excluding carboxylic acids is 3. The number of hydrogen-bond acceptors (Lipinski definition) is 7. The Morgan fingerprint density at radius 2 is 2.17 bits per heavy atom. The van der Waals surface area contributed by atoms with Gasteiger partial charge in [0.05, 0.1) is 10.6 Å². The van der Waals surface area contributed by atoms with Crippen molar-refractivity contribution in [3.8, 4) is 10.6 Å². The number of likely N-dealkylation sites (tertiary alicyclic amines) is 1. The molecule has 0 spiro atoms. The van der Waals surface area contributed by atoms with E-state index in [1.54, 1.807) is 16.2 Å². The summed E-state index contributed by atoms with van der Waals surface area (Å²) < 4.78 is 4.68. The summed E-state index contributed by atoms with van der Waals surface area (Å²) in [5, 5.41) is 4.32. The molecule has 0 aliphatic carbocycles. The van der Waals surface area contributed by atoms with Crippen molar-refractivity contribution in [2.24, 2.45) is 5.92 Å². The molecule has 2 fully saturated rings. The van der Waals surface area contributed by atoms with E-state index in [9.17, 15) is 14.4 Å². The highest BCUT2D eigenvalue weighted by Gasteiger charge is 2.39. The van der Waals surface area contributed by atoms with Gasteiger partial charge in [0.1, 0.15) is 0 Å². The van der Waals surface area contributed by atoms with Crippen molar-refractivity contribution in [1.29, 1.82) is 0 Å². The summed E-state index contributed by atoms with van der Waals surface area (Å²) in [4.78, 5) is 43.6. The smallest absolute Gasteiger partial charge is 0.417 e. The van der Waals surface area contributed by atoms with Crippen molar-refractivity contribution in [2.45, 2.75) is 0 Å². The number of amides is 3. The lowest BCUT2D eigenvalue weighted by molar-refractivity contribution is -0.126. The van der Waals surface area contributed by atoms with Crippen LogP contribution < -0.4 is 0 Å². The van der Waals surface area contributed by atoms with Gasteiger partial charge < -0.3 is 9.64 Å². The normalized spacial score (nSPS) is 18.0. The molecule has 0 aromatic carbocycles. The van der Waals surface area contributed by atoms with Crippen LogP contribution in [0.4, 0.5) is 4.79 Å². The van der Waals surface area contributed by atoms with Gasteiger partial charge in [0, 0.05) is 30.9 Å². The van der Waals surface area contributed by atoms with E-state index in [-0.39, 0.29) is 24.3 Å². The molecule has 0 radical (unpaired) electrons. The molecular formula is C15H13N3O4S2. The Hall–Kier alpha value is -2.26. The molecule has 0 atom stereocenters. The predicted molar refractivity (Wildman–Crippen MR) is 87.9 cm³/mol. The zero-order valence-corrected chi connectivity index (χ0v) is 14.1. The van der Waals surface area contributed by atoms with Crippen molar-refractivity contribution >= 4 is 40.6 Å². The molecule has 7 nitrogen and oxygen atoms in total. The molecule has 2 saturated heterocycles. The highest BCUT2D eigenvalue weighted by molar-refractivity contribution is 7.15. The van der Waals surface area contributed by atoms with Crippen LogP contribution >= 0.6 is 22.7 Å². The summed E-state index contributed by atoms with van der Waals surface area (Å²) in [5.41, 5.74) is 0.820. The van der Waals surface area contributed by atoms with E-state index in [1.807, 2.05) is 22.9 Å². The number of thiazole rings is 1.